The lowest BCUT2D eigenvalue weighted by Gasteiger charge is -1.95. The van der Waals surface area contributed by atoms with Crippen LogP contribution < -0.4 is 5.73 Å². The summed E-state index contributed by atoms with van der Waals surface area (Å²) in [6.07, 6.45) is 5.26. The van der Waals surface area contributed by atoms with Crippen LogP contribution >= 0.6 is 0 Å². The first kappa shape index (κ1) is 8.79. The van der Waals surface area contributed by atoms with Crippen LogP contribution in [-0.4, -0.2) is 9.78 Å². The molecule has 0 atom stereocenters. The van der Waals surface area contributed by atoms with Crippen LogP contribution in [0.2, 0.25) is 0 Å². The average Bonchev–Trinajstić information content (AvgIpc) is 2.58. The number of rotatable bonds is 2. The zero-order valence-corrected chi connectivity index (χ0v) is 7.77. The van der Waals surface area contributed by atoms with E-state index in [9.17, 15) is 0 Å². The standard InChI is InChI=1S/C11H11N3/c1-2-7-14-11-6-4-3-5-9(11)10(8-12)13-14/h1,3-6H,7-8,12H2. The van der Waals surface area contributed by atoms with Crippen molar-refractivity contribution in [3.63, 3.8) is 0 Å². The summed E-state index contributed by atoms with van der Waals surface area (Å²) in [7, 11) is 0. The molecule has 3 nitrogen and oxygen atoms in total. The molecule has 14 heavy (non-hydrogen) atoms. The molecular weight excluding hydrogens is 174 g/mol. The lowest BCUT2D eigenvalue weighted by Crippen LogP contribution is -2.01. The van der Waals surface area contributed by atoms with Gasteiger partial charge in [-0.2, -0.15) is 5.10 Å². The van der Waals surface area contributed by atoms with Crippen LogP contribution in [0, 0.1) is 12.3 Å². The van der Waals surface area contributed by atoms with Crippen LogP contribution in [-0.2, 0) is 13.1 Å². The van der Waals surface area contributed by atoms with E-state index in [4.69, 9.17) is 12.2 Å². The van der Waals surface area contributed by atoms with Crippen LogP contribution in [0.4, 0.5) is 0 Å². The fourth-order valence-corrected chi connectivity index (χ4v) is 1.55. The van der Waals surface area contributed by atoms with E-state index in [1.807, 2.05) is 24.3 Å². The van der Waals surface area contributed by atoms with Gasteiger partial charge >= 0.3 is 0 Å². The molecule has 2 rings (SSSR count). The molecule has 0 radical (unpaired) electrons. The average molecular weight is 185 g/mol. The first-order valence-corrected chi connectivity index (χ1v) is 4.44. The monoisotopic (exact) mass is 185 g/mol. The van der Waals surface area contributed by atoms with Crippen molar-refractivity contribution in [3.8, 4) is 12.3 Å². The predicted molar refractivity (Wildman–Crippen MR) is 56.5 cm³/mol. The van der Waals surface area contributed by atoms with Gasteiger partial charge in [0.1, 0.15) is 6.54 Å². The molecule has 3 heteroatoms. The van der Waals surface area contributed by atoms with Gasteiger partial charge in [0.15, 0.2) is 0 Å². The fourth-order valence-electron chi connectivity index (χ4n) is 1.55. The van der Waals surface area contributed by atoms with E-state index in [1.54, 1.807) is 4.68 Å². The van der Waals surface area contributed by atoms with Gasteiger partial charge in [-0.25, -0.2) is 0 Å². The molecule has 0 amide bonds. The molecule has 2 aromatic rings. The van der Waals surface area contributed by atoms with E-state index in [0.717, 1.165) is 16.6 Å². The Morgan fingerprint density at radius 1 is 1.43 bits per heavy atom. The van der Waals surface area contributed by atoms with Gasteiger partial charge in [0.25, 0.3) is 0 Å². The smallest absolute Gasteiger partial charge is 0.102 e. The molecule has 0 aliphatic rings. The summed E-state index contributed by atoms with van der Waals surface area (Å²) in [5, 5.41) is 5.43. The highest BCUT2D eigenvalue weighted by molar-refractivity contribution is 5.81. The third-order valence-electron chi connectivity index (χ3n) is 2.17. The van der Waals surface area contributed by atoms with Crippen molar-refractivity contribution in [3.05, 3.63) is 30.0 Å². The summed E-state index contributed by atoms with van der Waals surface area (Å²) >= 11 is 0. The molecule has 1 aromatic heterocycles. The molecule has 0 saturated carbocycles. The molecule has 1 heterocycles. The number of hydrogen-bond acceptors (Lipinski definition) is 2. The molecule has 70 valence electrons. The van der Waals surface area contributed by atoms with Gasteiger partial charge < -0.3 is 5.73 Å². The second kappa shape index (κ2) is 3.52. The Kier molecular flexibility index (Phi) is 2.21. The number of fused-ring (bicyclic) bond motifs is 1. The minimum Gasteiger partial charge on any atom is -0.325 e. The maximum atomic E-state index is 5.60. The Bertz CT molecular complexity index is 491. The normalized spacial score (nSPS) is 10.3. The maximum absolute atomic E-state index is 5.60. The van der Waals surface area contributed by atoms with Crippen molar-refractivity contribution >= 4 is 10.9 Å². The highest BCUT2D eigenvalue weighted by Crippen LogP contribution is 2.17. The Morgan fingerprint density at radius 2 is 2.21 bits per heavy atom. The maximum Gasteiger partial charge on any atom is 0.102 e. The number of hydrogen-bond donors (Lipinski definition) is 1. The molecule has 0 bridgehead atoms. The number of benzene rings is 1. The van der Waals surface area contributed by atoms with Crippen LogP contribution in [0.3, 0.4) is 0 Å². The minimum absolute atomic E-state index is 0.443. The fraction of sp³-hybridized carbons (Fsp3) is 0.182. The molecule has 1 aromatic carbocycles. The summed E-state index contributed by atoms with van der Waals surface area (Å²) < 4.78 is 1.80. The molecule has 0 aliphatic carbocycles. The lowest BCUT2D eigenvalue weighted by atomic mass is 10.2. The van der Waals surface area contributed by atoms with E-state index >= 15 is 0 Å². The number of nitrogens with two attached hydrogens (primary N) is 1. The van der Waals surface area contributed by atoms with Gasteiger partial charge in [0, 0.05) is 11.9 Å². The van der Waals surface area contributed by atoms with E-state index in [2.05, 4.69) is 11.0 Å². The Hall–Kier alpha value is -1.79. The quantitative estimate of drug-likeness (QED) is 0.713. The van der Waals surface area contributed by atoms with Gasteiger partial charge in [-0.1, -0.05) is 24.1 Å². The molecular formula is C11H11N3. The SMILES string of the molecule is C#CCn1nc(CN)c2ccccc21. The van der Waals surface area contributed by atoms with Crippen LogP contribution in [0.1, 0.15) is 5.69 Å². The van der Waals surface area contributed by atoms with E-state index in [1.165, 1.54) is 0 Å². The van der Waals surface area contributed by atoms with E-state index < -0.39 is 0 Å². The summed E-state index contributed by atoms with van der Waals surface area (Å²) in [5.41, 5.74) is 7.54. The third-order valence-corrected chi connectivity index (χ3v) is 2.17. The lowest BCUT2D eigenvalue weighted by molar-refractivity contribution is 0.720. The molecule has 0 unspecified atom stereocenters. The molecule has 0 fully saturated rings. The van der Waals surface area contributed by atoms with Crippen molar-refractivity contribution in [2.75, 3.05) is 0 Å². The highest BCUT2D eigenvalue weighted by atomic mass is 15.3. The first-order chi connectivity index (χ1) is 6.86. The van der Waals surface area contributed by atoms with Gasteiger partial charge in [0.2, 0.25) is 0 Å². The second-order valence-electron chi connectivity index (χ2n) is 3.03. The first-order valence-electron chi connectivity index (χ1n) is 4.44. The summed E-state index contributed by atoms with van der Waals surface area (Å²) in [4.78, 5) is 0. The van der Waals surface area contributed by atoms with E-state index in [0.29, 0.717) is 13.1 Å². The second-order valence-corrected chi connectivity index (χ2v) is 3.03. The number of terminal acetylenes is 1. The van der Waals surface area contributed by atoms with Crippen LogP contribution in [0.25, 0.3) is 10.9 Å². The topological polar surface area (TPSA) is 43.8 Å². The molecule has 2 N–H and O–H groups in total. The number of aromatic nitrogens is 2. The number of para-hydroxylation sites is 1. The minimum atomic E-state index is 0.443. The Labute approximate surface area is 82.5 Å². The van der Waals surface area contributed by atoms with Gasteiger partial charge in [-0.3, -0.25) is 4.68 Å². The van der Waals surface area contributed by atoms with Crippen molar-refractivity contribution in [1.82, 2.24) is 9.78 Å². The van der Waals surface area contributed by atoms with Crippen molar-refractivity contribution in [1.29, 1.82) is 0 Å². The zero-order valence-electron chi connectivity index (χ0n) is 7.77. The largest absolute Gasteiger partial charge is 0.325 e. The van der Waals surface area contributed by atoms with Gasteiger partial charge in [-0.05, 0) is 6.07 Å². The van der Waals surface area contributed by atoms with Gasteiger partial charge in [-0.15, -0.1) is 6.42 Å². The van der Waals surface area contributed by atoms with Crippen molar-refractivity contribution in [2.24, 2.45) is 5.73 Å². The summed E-state index contributed by atoms with van der Waals surface area (Å²) in [6.45, 7) is 0.929. The van der Waals surface area contributed by atoms with Crippen molar-refractivity contribution < 1.29 is 0 Å². The zero-order chi connectivity index (χ0) is 9.97. The molecule has 0 aliphatic heterocycles. The Morgan fingerprint density at radius 3 is 2.93 bits per heavy atom. The third kappa shape index (κ3) is 1.26. The Balaban J connectivity index is 2.68. The summed E-state index contributed by atoms with van der Waals surface area (Å²) in [5.74, 6) is 2.57. The van der Waals surface area contributed by atoms with Crippen molar-refractivity contribution in [2.45, 2.75) is 13.1 Å². The van der Waals surface area contributed by atoms with Crippen LogP contribution in [0.15, 0.2) is 24.3 Å². The predicted octanol–water partition coefficient (Wildman–Crippen LogP) is 1.13. The molecule has 0 spiro atoms. The van der Waals surface area contributed by atoms with Crippen LogP contribution in [0.5, 0.6) is 0 Å². The summed E-state index contributed by atoms with van der Waals surface area (Å²) in [6, 6.07) is 7.96. The van der Waals surface area contributed by atoms with E-state index in [-0.39, 0.29) is 0 Å². The highest BCUT2D eigenvalue weighted by Gasteiger charge is 2.06. The number of nitrogens with zero attached hydrogens (tertiary/aromatic N) is 2. The van der Waals surface area contributed by atoms with Gasteiger partial charge in [0.05, 0.1) is 11.2 Å². The molecule has 0 saturated heterocycles.